The number of nitrogens with zero attached hydrogens (tertiary/aromatic N) is 2. The van der Waals surface area contributed by atoms with Gasteiger partial charge in [-0.25, -0.2) is 17.6 Å². The van der Waals surface area contributed by atoms with Gasteiger partial charge in [-0.3, -0.25) is 9.80 Å². The molecular formula is C19H19FN2O3S. The average Bonchev–Trinajstić information content (AvgIpc) is 3.00. The number of sulfone groups is 1. The second kappa shape index (κ2) is 5.81. The topological polar surface area (TPSA) is 57.7 Å². The Bertz CT molecular complexity index is 988. The third-order valence-electron chi connectivity index (χ3n) is 5.24. The van der Waals surface area contributed by atoms with Crippen LogP contribution < -0.4 is 9.80 Å². The first-order valence-electron chi connectivity index (χ1n) is 8.42. The molecule has 2 amide bonds. The molecule has 2 aliphatic heterocycles. The lowest BCUT2D eigenvalue weighted by molar-refractivity contribution is 0.255. The SMILES string of the molecule is Cc1ccc(N2C(=O)N(c3ccc(F)cc3)[C@@H]3CS(=O)(=O)C[C@@H]32)cc1C. The van der Waals surface area contributed by atoms with E-state index in [2.05, 4.69) is 0 Å². The molecule has 2 atom stereocenters. The first kappa shape index (κ1) is 17.0. The van der Waals surface area contributed by atoms with Crippen LogP contribution in [-0.2, 0) is 9.84 Å². The van der Waals surface area contributed by atoms with Crippen molar-refractivity contribution in [2.24, 2.45) is 0 Å². The van der Waals surface area contributed by atoms with E-state index in [0.29, 0.717) is 11.4 Å². The molecule has 2 aromatic rings. The Kier molecular flexibility index (Phi) is 3.80. The Hall–Kier alpha value is -2.41. The van der Waals surface area contributed by atoms with E-state index in [0.717, 1.165) is 11.1 Å². The van der Waals surface area contributed by atoms with Crippen LogP contribution in [-0.4, -0.2) is 38.0 Å². The zero-order valence-corrected chi connectivity index (χ0v) is 15.3. The second-order valence-electron chi connectivity index (χ2n) is 6.98. The van der Waals surface area contributed by atoms with Crippen LogP contribution in [0.15, 0.2) is 42.5 Å². The lowest BCUT2D eigenvalue weighted by Crippen LogP contribution is -2.38. The Morgan fingerprint density at radius 3 is 2.00 bits per heavy atom. The van der Waals surface area contributed by atoms with Crippen molar-refractivity contribution in [1.29, 1.82) is 0 Å². The number of anilines is 2. The molecule has 0 N–H and O–H groups in total. The fourth-order valence-electron chi connectivity index (χ4n) is 3.78. The lowest BCUT2D eigenvalue weighted by atomic mass is 10.1. The normalized spacial score (nSPS) is 24.2. The van der Waals surface area contributed by atoms with Gasteiger partial charge < -0.3 is 0 Å². The predicted octanol–water partition coefficient (Wildman–Crippen LogP) is 3.05. The third kappa shape index (κ3) is 2.67. The Morgan fingerprint density at radius 1 is 0.885 bits per heavy atom. The first-order chi connectivity index (χ1) is 12.3. The van der Waals surface area contributed by atoms with Gasteiger partial charge in [0.15, 0.2) is 9.84 Å². The summed E-state index contributed by atoms with van der Waals surface area (Å²) in [6, 6.07) is 10.1. The van der Waals surface area contributed by atoms with Crippen molar-refractivity contribution in [2.75, 3.05) is 21.3 Å². The van der Waals surface area contributed by atoms with Crippen LogP contribution in [0.25, 0.3) is 0 Å². The second-order valence-corrected chi connectivity index (χ2v) is 9.13. The van der Waals surface area contributed by atoms with Gasteiger partial charge in [0, 0.05) is 11.4 Å². The van der Waals surface area contributed by atoms with Gasteiger partial charge in [-0.05, 0) is 61.4 Å². The lowest BCUT2D eigenvalue weighted by Gasteiger charge is -2.23. The summed E-state index contributed by atoms with van der Waals surface area (Å²) in [6.45, 7) is 3.94. The third-order valence-corrected chi connectivity index (χ3v) is 6.94. The largest absolute Gasteiger partial charge is 0.329 e. The monoisotopic (exact) mass is 374 g/mol. The van der Waals surface area contributed by atoms with Crippen LogP contribution in [0, 0.1) is 19.7 Å². The van der Waals surface area contributed by atoms with Crippen molar-refractivity contribution in [3.8, 4) is 0 Å². The van der Waals surface area contributed by atoms with Gasteiger partial charge in [0.05, 0.1) is 23.6 Å². The van der Waals surface area contributed by atoms with Gasteiger partial charge in [0.2, 0.25) is 0 Å². The predicted molar refractivity (Wildman–Crippen MR) is 98.9 cm³/mol. The molecular weight excluding hydrogens is 355 g/mol. The first-order valence-corrected chi connectivity index (χ1v) is 10.2. The highest BCUT2D eigenvalue weighted by atomic mass is 32.2. The number of halogens is 1. The van der Waals surface area contributed by atoms with Crippen molar-refractivity contribution in [3.63, 3.8) is 0 Å². The summed E-state index contributed by atoms with van der Waals surface area (Å²) in [6.07, 6.45) is 0. The van der Waals surface area contributed by atoms with Crippen LogP contribution in [0.2, 0.25) is 0 Å². The fourth-order valence-corrected chi connectivity index (χ4v) is 5.70. The van der Waals surface area contributed by atoms with E-state index in [-0.39, 0.29) is 17.5 Å². The van der Waals surface area contributed by atoms with Crippen LogP contribution in [0.3, 0.4) is 0 Å². The van der Waals surface area contributed by atoms with Gasteiger partial charge in [-0.2, -0.15) is 0 Å². The zero-order chi connectivity index (χ0) is 18.6. The highest BCUT2D eigenvalue weighted by Gasteiger charge is 2.54. The molecule has 2 aliphatic rings. The van der Waals surface area contributed by atoms with E-state index in [9.17, 15) is 17.6 Å². The van der Waals surface area contributed by atoms with Gasteiger partial charge in [0.1, 0.15) is 5.82 Å². The molecule has 7 heteroatoms. The number of rotatable bonds is 2. The number of hydrogen-bond donors (Lipinski definition) is 0. The standard InChI is InChI=1S/C19H19FN2O3S/c1-12-3-6-16(9-13(12)2)22-18-11-26(24,25)10-17(18)21(19(22)23)15-7-4-14(20)5-8-15/h3-9,17-18H,10-11H2,1-2H3/t17-,18+/m1/s1. The summed E-state index contributed by atoms with van der Waals surface area (Å²) in [5, 5.41) is 0. The molecule has 0 radical (unpaired) electrons. The molecule has 0 saturated carbocycles. The highest BCUT2D eigenvalue weighted by molar-refractivity contribution is 7.91. The molecule has 0 spiro atoms. The van der Waals surface area contributed by atoms with Crippen LogP contribution in [0.1, 0.15) is 11.1 Å². The molecule has 2 aromatic carbocycles. The molecule has 0 bridgehead atoms. The number of benzene rings is 2. The van der Waals surface area contributed by atoms with Gasteiger partial charge in [-0.15, -0.1) is 0 Å². The quantitative estimate of drug-likeness (QED) is 0.759. The van der Waals surface area contributed by atoms with Gasteiger partial charge in [0.25, 0.3) is 0 Å². The molecule has 2 heterocycles. The Morgan fingerprint density at radius 2 is 1.42 bits per heavy atom. The maximum Gasteiger partial charge on any atom is 0.329 e. The molecule has 26 heavy (non-hydrogen) atoms. The van der Waals surface area contributed by atoms with Gasteiger partial charge in [-0.1, -0.05) is 6.07 Å². The number of hydrogen-bond acceptors (Lipinski definition) is 3. The number of aryl methyl sites for hydroxylation is 2. The number of carbonyl (C=O) groups is 1. The van der Waals surface area contributed by atoms with E-state index < -0.39 is 27.7 Å². The Balaban J connectivity index is 1.81. The summed E-state index contributed by atoms with van der Waals surface area (Å²) in [4.78, 5) is 16.2. The summed E-state index contributed by atoms with van der Waals surface area (Å²) in [7, 11) is -3.25. The molecule has 0 aromatic heterocycles. The van der Waals surface area contributed by atoms with E-state index in [4.69, 9.17) is 0 Å². The number of carbonyl (C=O) groups excluding carboxylic acids is 1. The number of urea groups is 1. The molecule has 0 aliphatic carbocycles. The minimum Gasteiger partial charge on any atom is -0.288 e. The number of fused-ring (bicyclic) bond motifs is 1. The van der Waals surface area contributed by atoms with E-state index in [1.54, 1.807) is 4.90 Å². The smallest absolute Gasteiger partial charge is 0.288 e. The van der Waals surface area contributed by atoms with Crippen molar-refractivity contribution in [2.45, 2.75) is 25.9 Å². The van der Waals surface area contributed by atoms with Crippen molar-refractivity contribution in [3.05, 3.63) is 59.4 Å². The highest BCUT2D eigenvalue weighted by Crippen LogP contribution is 2.38. The van der Waals surface area contributed by atoms with Crippen LogP contribution in [0.5, 0.6) is 0 Å². The Labute approximate surface area is 152 Å². The molecule has 136 valence electrons. The summed E-state index contributed by atoms with van der Waals surface area (Å²) >= 11 is 0. The number of amides is 2. The molecule has 2 fully saturated rings. The summed E-state index contributed by atoms with van der Waals surface area (Å²) in [5.41, 5.74) is 3.34. The van der Waals surface area contributed by atoms with E-state index in [1.807, 2.05) is 32.0 Å². The maximum atomic E-state index is 13.3. The summed E-state index contributed by atoms with van der Waals surface area (Å²) in [5.74, 6) is -0.544. The fraction of sp³-hybridized carbons (Fsp3) is 0.316. The van der Waals surface area contributed by atoms with Crippen LogP contribution in [0.4, 0.5) is 20.6 Å². The minimum absolute atomic E-state index is 0.0615. The van der Waals surface area contributed by atoms with Crippen molar-refractivity contribution < 1.29 is 17.6 Å². The van der Waals surface area contributed by atoms with Gasteiger partial charge >= 0.3 is 6.03 Å². The van der Waals surface area contributed by atoms with E-state index in [1.165, 1.54) is 29.2 Å². The van der Waals surface area contributed by atoms with E-state index >= 15 is 0 Å². The molecule has 4 rings (SSSR count). The van der Waals surface area contributed by atoms with Crippen LogP contribution >= 0.6 is 0 Å². The molecule has 0 unspecified atom stereocenters. The average molecular weight is 374 g/mol. The van der Waals surface area contributed by atoms with Crippen molar-refractivity contribution in [1.82, 2.24) is 0 Å². The summed E-state index contributed by atoms with van der Waals surface area (Å²) < 4.78 is 37.8. The van der Waals surface area contributed by atoms with Crippen molar-refractivity contribution >= 4 is 27.2 Å². The molecule has 5 nitrogen and oxygen atoms in total. The minimum atomic E-state index is -3.25. The maximum absolute atomic E-state index is 13.3. The zero-order valence-electron chi connectivity index (χ0n) is 14.5. The molecule has 2 saturated heterocycles.